The SMILES string of the molecule is COc1ccc(NC(=O)CCN2CCN(C(C)=O)CC2)cc1. The maximum Gasteiger partial charge on any atom is 0.225 e. The van der Waals surface area contributed by atoms with Crippen LogP contribution in [0.15, 0.2) is 24.3 Å². The summed E-state index contributed by atoms with van der Waals surface area (Å²) in [7, 11) is 1.61. The molecular formula is C16H23N3O3. The number of ether oxygens (including phenoxy) is 1. The van der Waals surface area contributed by atoms with Gasteiger partial charge in [0.1, 0.15) is 5.75 Å². The molecule has 0 saturated carbocycles. The van der Waals surface area contributed by atoms with Crippen LogP contribution in [-0.2, 0) is 9.59 Å². The van der Waals surface area contributed by atoms with Crippen LogP contribution >= 0.6 is 0 Å². The van der Waals surface area contributed by atoms with Crippen LogP contribution < -0.4 is 10.1 Å². The number of carbonyl (C=O) groups excluding carboxylic acids is 2. The molecule has 1 aliphatic rings. The molecule has 6 heteroatoms. The third-order valence-corrected chi connectivity index (χ3v) is 3.85. The van der Waals surface area contributed by atoms with Gasteiger partial charge in [-0.3, -0.25) is 14.5 Å². The van der Waals surface area contributed by atoms with E-state index in [9.17, 15) is 9.59 Å². The van der Waals surface area contributed by atoms with E-state index in [1.807, 2.05) is 29.2 Å². The zero-order valence-corrected chi connectivity index (χ0v) is 13.2. The number of nitrogens with one attached hydrogen (secondary N) is 1. The smallest absolute Gasteiger partial charge is 0.225 e. The Morgan fingerprint density at radius 2 is 1.77 bits per heavy atom. The average Bonchev–Trinajstić information content (AvgIpc) is 2.54. The number of amides is 2. The molecule has 0 spiro atoms. The van der Waals surface area contributed by atoms with Crippen LogP contribution in [0.3, 0.4) is 0 Å². The second-order valence-corrected chi connectivity index (χ2v) is 5.37. The van der Waals surface area contributed by atoms with Crippen molar-refractivity contribution in [2.24, 2.45) is 0 Å². The number of anilines is 1. The van der Waals surface area contributed by atoms with Gasteiger partial charge in [0.05, 0.1) is 7.11 Å². The normalized spacial score (nSPS) is 15.5. The van der Waals surface area contributed by atoms with E-state index in [2.05, 4.69) is 10.2 Å². The van der Waals surface area contributed by atoms with E-state index in [0.29, 0.717) is 13.0 Å². The minimum absolute atomic E-state index is 0.000774. The third-order valence-electron chi connectivity index (χ3n) is 3.85. The molecule has 0 unspecified atom stereocenters. The van der Waals surface area contributed by atoms with Crippen LogP contribution in [0.5, 0.6) is 5.75 Å². The first kappa shape index (κ1) is 16.3. The van der Waals surface area contributed by atoms with Crippen LogP contribution in [-0.4, -0.2) is 61.4 Å². The molecule has 0 aliphatic carbocycles. The number of hydrogen-bond acceptors (Lipinski definition) is 4. The zero-order valence-electron chi connectivity index (χ0n) is 13.2. The topological polar surface area (TPSA) is 61.9 Å². The van der Waals surface area contributed by atoms with Gasteiger partial charge in [0.25, 0.3) is 0 Å². The molecule has 1 aliphatic heterocycles. The fraction of sp³-hybridized carbons (Fsp3) is 0.500. The van der Waals surface area contributed by atoms with E-state index >= 15 is 0 Å². The van der Waals surface area contributed by atoms with Crippen molar-refractivity contribution < 1.29 is 14.3 Å². The number of hydrogen-bond donors (Lipinski definition) is 1. The molecule has 1 saturated heterocycles. The molecule has 0 bridgehead atoms. The lowest BCUT2D eigenvalue weighted by Crippen LogP contribution is -2.48. The lowest BCUT2D eigenvalue weighted by Gasteiger charge is -2.34. The number of piperazine rings is 1. The van der Waals surface area contributed by atoms with E-state index < -0.39 is 0 Å². The van der Waals surface area contributed by atoms with Crippen molar-refractivity contribution in [3.63, 3.8) is 0 Å². The second-order valence-electron chi connectivity index (χ2n) is 5.37. The summed E-state index contributed by atoms with van der Waals surface area (Å²) in [5.41, 5.74) is 0.771. The maximum absolute atomic E-state index is 11.9. The lowest BCUT2D eigenvalue weighted by atomic mass is 10.2. The van der Waals surface area contributed by atoms with Gasteiger partial charge in [-0.2, -0.15) is 0 Å². The summed E-state index contributed by atoms with van der Waals surface area (Å²) in [4.78, 5) is 27.3. The minimum Gasteiger partial charge on any atom is -0.497 e. The molecular weight excluding hydrogens is 282 g/mol. The summed E-state index contributed by atoms with van der Waals surface area (Å²) < 4.78 is 5.08. The number of carbonyl (C=O) groups is 2. The summed E-state index contributed by atoms with van der Waals surface area (Å²) in [6.45, 7) is 5.46. The molecule has 1 N–H and O–H groups in total. The van der Waals surface area contributed by atoms with Crippen molar-refractivity contribution in [3.05, 3.63) is 24.3 Å². The first-order chi connectivity index (χ1) is 10.6. The van der Waals surface area contributed by atoms with Gasteiger partial charge in [-0.1, -0.05) is 0 Å². The zero-order chi connectivity index (χ0) is 15.9. The highest BCUT2D eigenvalue weighted by Gasteiger charge is 2.18. The third kappa shape index (κ3) is 4.73. The predicted octanol–water partition coefficient (Wildman–Crippen LogP) is 1.19. The Morgan fingerprint density at radius 1 is 1.14 bits per heavy atom. The molecule has 22 heavy (non-hydrogen) atoms. The van der Waals surface area contributed by atoms with Crippen LogP contribution in [0.4, 0.5) is 5.69 Å². The molecule has 0 atom stereocenters. The van der Waals surface area contributed by atoms with E-state index in [1.54, 1.807) is 14.0 Å². The van der Waals surface area contributed by atoms with Crippen molar-refractivity contribution in [1.29, 1.82) is 0 Å². The minimum atomic E-state index is -0.000774. The molecule has 0 aromatic heterocycles. The standard InChI is InChI=1S/C16H23N3O3/c1-13(20)19-11-9-18(10-12-19)8-7-16(21)17-14-3-5-15(22-2)6-4-14/h3-6H,7-12H2,1-2H3,(H,17,21). The Bertz CT molecular complexity index is 508. The number of methoxy groups -OCH3 is 1. The van der Waals surface area contributed by atoms with Gasteiger partial charge in [-0.05, 0) is 24.3 Å². The highest BCUT2D eigenvalue weighted by molar-refractivity contribution is 5.90. The molecule has 1 aromatic carbocycles. The fourth-order valence-corrected chi connectivity index (χ4v) is 2.44. The van der Waals surface area contributed by atoms with E-state index in [4.69, 9.17) is 4.74 Å². The molecule has 6 nitrogen and oxygen atoms in total. The summed E-state index contributed by atoms with van der Waals surface area (Å²) in [6.07, 6.45) is 0.450. The quantitative estimate of drug-likeness (QED) is 0.887. The molecule has 1 fully saturated rings. The van der Waals surface area contributed by atoms with E-state index in [1.165, 1.54) is 0 Å². The fourth-order valence-electron chi connectivity index (χ4n) is 2.44. The first-order valence-electron chi connectivity index (χ1n) is 7.50. The summed E-state index contributed by atoms with van der Waals surface area (Å²) in [5.74, 6) is 0.886. The van der Waals surface area contributed by atoms with Gasteiger partial charge in [0.2, 0.25) is 11.8 Å². The van der Waals surface area contributed by atoms with Gasteiger partial charge in [-0.15, -0.1) is 0 Å². The Hall–Kier alpha value is -2.08. The molecule has 2 amide bonds. The number of rotatable bonds is 5. The van der Waals surface area contributed by atoms with Gasteiger partial charge >= 0.3 is 0 Å². The Morgan fingerprint density at radius 3 is 2.32 bits per heavy atom. The van der Waals surface area contributed by atoms with E-state index in [-0.39, 0.29) is 11.8 Å². The Labute approximate surface area is 131 Å². The average molecular weight is 305 g/mol. The summed E-state index contributed by atoms with van der Waals surface area (Å²) >= 11 is 0. The second kappa shape index (κ2) is 7.79. The summed E-state index contributed by atoms with van der Waals surface area (Å²) in [5, 5.41) is 2.87. The maximum atomic E-state index is 11.9. The van der Waals surface area contributed by atoms with Crippen LogP contribution in [0.25, 0.3) is 0 Å². The predicted molar refractivity (Wildman–Crippen MR) is 84.9 cm³/mol. The summed E-state index contributed by atoms with van der Waals surface area (Å²) in [6, 6.07) is 7.28. The monoisotopic (exact) mass is 305 g/mol. The van der Waals surface area contributed by atoms with Crippen molar-refractivity contribution in [2.75, 3.05) is 45.2 Å². The van der Waals surface area contributed by atoms with Crippen molar-refractivity contribution >= 4 is 17.5 Å². The van der Waals surface area contributed by atoms with Crippen molar-refractivity contribution in [2.45, 2.75) is 13.3 Å². The molecule has 0 radical (unpaired) electrons. The van der Waals surface area contributed by atoms with Crippen LogP contribution in [0.1, 0.15) is 13.3 Å². The van der Waals surface area contributed by atoms with Crippen LogP contribution in [0.2, 0.25) is 0 Å². The van der Waals surface area contributed by atoms with Crippen molar-refractivity contribution in [1.82, 2.24) is 9.80 Å². The molecule has 120 valence electrons. The van der Waals surface area contributed by atoms with E-state index in [0.717, 1.165) is 37.6 Å². The Balaban J connectivity index is 1.70. The Kier molecular flexibility index (Phi) is 5.77. The highest BCUT2D eigenvalue weighted by atomic mass is 16.5. The van der Waals surface area contributed by atoms with Gasteiger partial charge in [0.15, 0.2) is 0 Å². The van der Waals surface area contributed by atoms with Crippen LogP contribution in [0, 0.1) is 0 Å². The largest absolute Gasteiger partial charge is 0.497 e. The number of nitrogens with zero attached hydrogens (tertiary/aromatic N) is 2. The highest BCUT2D eigenvalue weighted by Crippen LogP contribution is 2.15. The number of benzene rings is 1. The van der Waals surface area contributed by atoms with Gasteiger partial charge in [-0.25, -0.2) is 0 Å². The van der Waals surface area contributed by atoms with Gasteiger partial charge < -0.3 is 15.0 Å². The molecule has 2 rings (SSSR count). The van der Waals surface area contributed by atoms with Crippen molar-refractivity contribution in [3.8, 4) is 5.75 Å². The molecule has 1 aromatic rings. The molecule has 1 heterocycles. The van der Waals surface area contributed by atoms with Gasteiger partial charge in [0, 0.05) is 51.8 Å². The lowest BCUT2D eigenvalue weighted by molar-refractivity contribution is -0.130. The first-order valence-corrected chi connectivity index (χ1v) is 7.50.